The van der Waals surface area contributed by atoms with E-state index in [1.54, 1.807) is 0 Å². The minimum atomic E-state index is 0.163. The summed E-state index contributed by atoms with van der Waals surface area (Å²) in [6.07, 6.45) is 3.58. The normalized spacial score (nSPS) is 24.8. The number of carbonyl (C=O) groups is 1. The first-order valence-electron chi connectivity index (χ1n) is 7.98. The van der Waals surface area contributed by atoms with E-state index in [9.17, 15) is 4.79 Å². The van der Waals surface area contributed by atoms with Gasteiger partial charge in [-0.1, -0.05) is 0 Å². The molecule has 114 valence electrons. The zero-order valence-corrected chi connectivity index (χ0v) is 12.9. The Labute approximate surface area is 126 Å². The third-order valence-electron chi connectivity index (χ3n) is 4.58. The van der Waals surface area contributed by atoms with Crippen molar-refractivity contribution in [3.8, 4) is 0 Å². The second kappa shape index (κ2) is 6.06. The molecule has 1 heterocycles. The molecule has 1 saturated heterocycles. The number of fused-ring (bicyclic) bond motifs is 1. The van der Waals surface area contributed by atoms with Crippen LogP contribution >= 0.6 is 0 Å². The third kappa shape index (κ3) is 2.77. The first-order chi connectivity index (χ1) is 10.2. The summed E-state index contributed by atoms with van der Waals surface area (Å²) in [5.41, 5.74) is 2.94. The van der Waals surface area contributed by atoms with E-state index in [2.05, 4.69) is 18.3 Å². The van der Waals surface area contributed by atoms with Crippen LogP contribution < -0.4 is 5.32 Å². The van der Waals surface area contributed by atoms with Gasteiger partial charge >= 0.3 is 0 Å². The predicted octanol–water partition coefficient (Wildman–Crippen LogP) is 2.82. The van der Waals surface area contributed by atoms with Gasteiger partial charge in [-0.05, 0) is 56.9 Å². The molecule has 0 spiro atoms. The number of morpholine rings is 1. The van der Waals surface area contributed by atoms with Crippen molar-refractivity contribution in [2.45, 2.75) is 45.3 Å². The Morgan fingerprint density at radius 2 is 2.29 bits per heavy atom. The number of anilines is 1. The van der Waals surface area contributed by atoms with Crippen LogP contribution in [0.2, 0.25) is 0 Å². The average Bonchev–Trinajstić information content (AvgIpc) is 2.95. The van der Waals surface area contributed by atoms with Crippen LogP contribution in [-0.4, -0.2) is 42.6 Å². The molecule has 1 N–H and O–H groups in total. The van der Waals surface area contributed by atoms with Crippen molar-refractivity contribution in [2.24, 2.45) is 0 Å². The number of aryl methyl sites for hydroxylation is 1. The topological polar surface area (TPSA) is 41.6 Å². The van der Waals surface area contributed by atoms with Gasteiger partial charge in [-0.3, -0.25) is 4.79 Å². The van der Waals surface area contributed by atoms with E-state index in [4.69, 9.17) is 4.74 Å². The van der Waals surface area contributed by atoms with E-state index in [0.717, 1.165) is 42.6 Å². The van der Waals surface area contributed by atoms with Crippen LogP contribution in [0.25, 0.3) is 0 Å². The Morgan fingerprint density at radius 3 is 3.05 bits per heavy atom. The van der Waals surface area contributed by atoms with Crippen molar-refractivity contribution in [2.75, 3.05) is 25.0 Å². The zero-order chi connectivity index (χ0) is 14.8. The Hall–Kier alpha value is -1.55. The van der Waals surface area contributed by atoms with Gasteiger partial charge in [0.25, 0.3) is 5.91 Å². The second-order valence-electron chi connectivity index (χ2n) is 5.97. The summed E-state index contributed by atoms with van der Waals surface area (Å²) in [5, 5.41) is 3.29. The monoisotopic (exact) mass is 288 g/mol. The highest BCUT2D eigenvalue weighted by Gasteiger charge is 2.38. The Kier molecular flexibility index (Phi) is 4.15. The van der Waals surface area contributed by atoms with Crippen LogP contribution in [0.5, 0.6) is 0 Å². The van der Waals surface area contributed by atoms with Crippen LogP contribution in [0.3, 0.4) is 0 Å². The van der Waals surface area contributed by atoms with E-state index >= 15 is 0 Å². The van der Waals surface area contributed by atoms with Crippen LogP contribution in [-0.2, 0) is 4.74 Å². The number of amides is 1. The Bertz CT molecular complexity index is 530. The van der Waals surface area contributed by atoms with E-state index < -0.39 is 0 Å². The predicted molar refractivity (Wildman–Crippen MR) is 83.8 cm³/mol. The molecule has 4 nitrogen and oxygen atoms in total. The molecule has 1 aliphatic heterocycles. The minimum Gasteiger partial charge on any atom is -0.385 e. The molecule has 1 amide bonds. The molecule has 1 aromatic rings. The van der Waals surface area contributed by atoms with E-state index in [1.165, 1.54) is 0 Å². The number of hydrogen-bond acceptors (Lipinski definition) is 3. The number of benzene rings is 1. The van der Waals surface area contributed by atoms with E-state index in [1.807, 2.05) is 24.0 Å². The van der Waals surface area contributed by atoms with Crippen LogP contribution in [0, 0.1) is 6.92 Å². The van der Waals surface area contributed by atoms with Gasteiger partial charge in [-0.15, -0.1) is 0 Å². The first kappa shape index (κ1) is 14.4. The summed E-state index contributed by atoms with van der Waals surface area (Å²) in [6, 6.07) is 6.29. The van der Waals surface area contributed by atoms with Crippen molar-refractivity contribution in [3.63, 3.8) is 0 Å². The molecule has 2 aliphatic rings. The zero-order valence-electron chi connectivity index (χ0n) is 12.9. The van der Waals surface area contributed by atoms with Gasteiger partial charge in [0.2, 0.25) is 0 Å². The molecular weight excluding hydrogens is 264 g/mol. The highest BCUT2D eigenvalue weighted by molar-refractivity contribution is 5.96. The lowest BCUT2D eigenvalue weighted by Crippen LogP contribution is -2.51. The maximum atomic E-state index is 12.9. The van der Waals surface area contributed by atoms with Crippen LogP contribution in [0.4, 0.5) is 5.69 Å². The summed E-state index contributed by atoms with van der Waals surface area (Å²) in [7, 11) is 0. The number of hydrogen-bond donors (Lipinski definition) is 1. The van der Waals surface area contributed by atoms with Crippen molar-refractivity contribution in [1.29, 1.82) is 0 Å². The molecule has 3 rings (SSSR count). The highest BCUT2D eigenvalue weighted by atomic mass is 16.5. The van der Waals surface area contributed by atoms with E-state index in [0.29, 0.717) is 13.2 Å². The fourth-order valence-corrected chi connectivity index (χ4v) is 3.55. The molecule has 2 unspecified atom stereocenters. The summed E-state index contributed by atoms with van der Waals surface area (Å²) in [4.78, 5) is 14.9. The quantitative estimate of drug-likeness (QED) is 0.930. The standard InChI is InChI=1S/C17H24N2O2/c1-3-18-13-7-8-14(12(2)11-13)17(20)19-9-10-21-16-6-4-5-15(16)19/h7-8,11,15-16,18H,3-6,9-10H2,1-2H3. The highest BCUT2D eigenvalue weighted by Crippen LogP contribution is 2.31. The molecule has 0 aromatic heterocycles. The largest absolute Gasteiger partial charge is 0.385 e. The van der Waals surface area contributed by atoms with Crippen molar-refractivity contribution in [3.05, 3.63) is 29.3 Å². The third-order valence-corrected chi connectivity index (χ3v) is 4.58. The number of ether oxygens (including phenoxy) is 1. The first-order valence-corrected chi connectivity index (χ1v) is 7.98. The van der Waals surface area contributed by atoms with Gasteiger partial charge in [0.15, 0.2) is 0 Å². The molecule has 0 bridgehead atoms. The fourth-order valence-electron chi connectivity index (χ4n) is 3.55. The maximum Gasteiger partial charge on any atom is 0.254 e. The summed E-state index contributed by atoms with van der Waals surface area (Å²) in [6.45, 7) is 6.36. The molecule has 1 saturated carbocycles. The number of nitrogens with zero attached hydrogens (tertiary/aromatic N) is 1. The minimum absolute atomic E-state index is 0.163. The molecule has 1 aromatic carbocycles. The second-order valence-corrected chi connectivity index (χ2v) is 5.97. The Morgan fingerprint density at radius 1 is 1.43 bits per heavy atom. The summed E-state index contributed by atoms with van der Waals surface area (Å²) >= 11 is 0. The average molecular weight is 288 g/mol. The summed E-state index contributed by atoms with van der Waals surface area (Å²) < 4.78 is 5.80. The molecule has 2 fully saturated rings. The van der Waals surface area contributed by atoms with Gasteiger partial charge in [0.1, 0.15) is 0 Å². The van der Waals surface area contributed by atoms with Gasteiger partial charge in [-0.2, -0.15) is 0 Å². The van der Waals surface area contributed by atoms with Gasteiger partial charge in [0, 0.05) is 24.3 Å². The fraction of sp³-hybridized carbons (Fsp3) is 0.588. The lowest BCUT2D eigenvalue weighted by Gasteiger charge is -2.38. The lowest BCUT2D eigenvalue weighted by molar-refractivity contribution is -0.0445. The maximum absolute atomic E-state index is 12.9. The molecule has 1 aliphatic carbocycles. The number of carbonyl (C=O) groups excluding carboxylic acids is 1. The molecule has 4 heteroatoms. The molecular formula is C17H24N2O2. The lowest BCUT2D eigenvalue weighted by atomic mass is 10.0. The van der Waals surface area contributed by atoms with Gasteiger partial charge < -0.3 is 15.0 Å². The van der Waals surface area contributed by atoms with Crippen molar-refractivity contribution in [1.82, 2.24) is 4.90 Å². The Balaban J connectivity index is 1.81. The summed E-state index contributed by atoms with van der Waals surface area (Å²) in [5.74, 6) is 0.163. The molecule has 2 atom stereocenters. The smallest absolute Gasteiger partial charge is 0.254 e. The van der Waals surface area contributed by atoms with E-state index in [-0.39, 0.29) is 18.1 Å². The van der Waals surface area contributed by atoms with Crippen molar-refractivity contribution < 1.29 is 9.53 Å². The SMILES string of the molecule is CCNc1ccc(C(=O)N2CCOC3CCCC32)c(C)c1. The molecule has 0 radical (unpaired) electrons. The van der Waals surface area contributed by atoms with Crippen LogP contribution in [0.1, 0.15) is 42.1 Å². The van der Waals surface area contributed by atoms with Gasteiger partial charge in [-0.25, -0.2) is 0 Å². The molecule has 21 heavy (non-hydrogen) atoms. The number of nitrogens with one attached hydrogen (secondary N) is 1. The van der Waals surface area contributed by atoms with Crippen molar-refractivity contribution >= 4 is 11.6 Å². The van der Waals surface area contributed by atoms with Gasteiger partial charge in [0.05, 0.1) is 18.8 Å². The number of rotatable bonds is 3. The van der Waals surface area contributed by atoms with Crippen LogP contribution in [0.15, 0.2) is 18.2 Å².